The van der Waals surface area contributed by atoms with Gasteiger partial charge in [-0.1, -0.05) is 374 Å². The van der Waals surface area contributed by atoms with Gasteiger partial charge in [0.25, 0.3) is 0 Å². The predicted octanol–water partition coefficient (Wildman–Crippen LogP) is 24.9. The second-order valence-electron chi connectivity index (χ2n) is 24.3. The maximum atomic E-state index is 12.5. The molecule has 0 saturated heterocycles. The van der Waals surface area contributed by atoms with Crippen molar-refractivity contribution >= 4 is 5.91 Å². The summed E-state index contributed by atoms with van der Waals surface area (Å²) in [6.07, 6.45) is 109. The van der Waals surface area contributed by atoms with E-state index in [0.29, 0.717) is 6.42 Å². The molecule has 4 heteroatoms. The molecule has 0 fully saturated rings. The van der Waals surface area contributed by atoms with Crippen LogP contribution in [0, 0.1) is 0 Å². The van der Waals surface area contributed by atoms with E-state index in [1.54, 1.807) is 6.08 Å². The maximum absolute atomic E-state index is 12.5. The lowest BCUT2D eigenvalue weighted by molar-refractivity contribution is -0.123. The van der Waals surface area contributed by atoms with Crippen LogP contribution in [0.2, 0.25) is 0 Å². The molecule has 82 heavy (non-hydrogen) atoms. The molecular formula is C78H139NO3. The Morgan fingerprint density at radius 1 is 0.305 bits per heavy atom. The predicted molar refractivity (Wildman–Crippen MR) is 368 cm³/mol. The molecular weight excluding hydrogens is 999 g/mol. The Kier molecular flexibility index (Phi) is 69.7. The summed E-state index contributed by atoms with van der Waals surface area (Å²) in [5.41, 5.74) is 0. The molecule has 0 aliphatic carbocycles. The summed E-state index contributed by atoms with van der Waals surface area (Å²) in [6.45, 7) is 4.21. The summed E-state index contributed by atoms with van der Waals surface area (Å²) in [7, 11) is 0. The molecule has 4 nitrogen and oxygen atoms in total. The highest BCUT2D eigenvalue weighted by molar-refractivity contribution is 5.76. The van der Waals surface area contributed by atoms with Gasteiger partial charge in [0.2, 0.25) is 5.91 Å². The van der Waals surface area contributed by atoms with Crippen LogP contribution in [0.3, 0.4) is 0 Å². The van der Waals surface area contributed by atoms with E-state index in [-0.39, 0.29) is 12.5 Å². The number of aliphatic hydroxyl groups excluding tert-OH is 2. The van der Waals surface area contributed by atoms with Crippen molar-refractivity contribution in [2.75, 3.05) is 6.61 Å². The van der Waals surface area contributed by atoms with E-state index < -0.39 is 12.1 Å². The Balaban J connectivity index is 3.49. The fourth-order valence-corrected chi connectivity index (χ4v) is 10.8. The first-order valence-electron chi connectivity index (χ1n) is 36.1. The first-order valence-corrected chi connectivity index (χ1v) is 36.1. The van der Waals surface area contributed by atoms with E-state index in [9.17, 15) is 15.0 Å². The summed E-state index contributed by atoms with van der Waals surface area (Å²) in [4.78, 5) is 12.5. The van der Waals surface area contributed by atoms with Crippen molar-refractivity contribution in [1.82, 2.24) is 5.32 Å². The number of aliphatic hydroxyl groups is 2. The number of amides is 1. The van der Waals surface area contributed by atoms with Crippen LogP contribution in [0.5, 0.6) is 0 Å². The molecule has 0 bridgehead atoms. The summed E-state index contributed by atoms with van der Waals surface area (Å²) in [5, 5.41) is 23.3. The van der Waals surface area contributed by atoms with Gasteiger partial charge >= 0.3 is 0 Å². The van der Waals surface area contributed by atoms with Gasteiger partial charge < -0.3 is 15.5 Å². The SMILES string of the molecule is CC/C=C\C/C=C\C/C=C\C/C=C\C/C=C\C/C=C\C/C=C\CCCCCCCCCCCCCCCCCCCCCC(=O)NC(CO)C(O)/C=C/CC/C=C/CCCCCCCCCCCCCCCCCCCCCCCCC. The van der Waals surface area contributed by atoms with Crippen molar-refractivity contribution in [2.45, 2.75) is 373 Å². The zero-order chi connectivity index (χ0) is 59.1. The van der Waals surface area contributed by atoms with Crippen LogP contribution in [-0.4, -0.2) is 34.9 Å². The Hall–Kier alpha value is -2.95. The molecule has 2 unspecified atom stereocenters. The minimum absolute atomic E-state index is 0.0706. The van der Waals surface area contributed by atoms with E-state index in [1.165, 1.54) is 263 Å². The van der Waals surface area contributed by atoms with Crippen molar-refractivity contribution in [3.8, 4) is 0 Å². The van der Waals surface area contributed by atoms with Crippen LogP contribution < -0.4 is 5.32 Å². The van der Waals surface area contributed by atoms with Gasteiger partial charge in [-0.05, 0) is 89.9 Å². The number of hydrogen-bond acceptors (Lipinski definition) is 3. The minimum Gasteiger partial charge on any atom is -0.394 e. The molecule has 0 spiro atoms. The second-order valence-corrected chi connectivity index (χ2v) is 24.3. The molecule has 0 aromatic heterocycles. The lowest BCUT2D eigenvalue weighted by Gasteiger charge is -2.19. The van der Waals surface area contributed by atoms with Crippen molar-refractivity contribution in [3.05, 3.63) is 109 Å². The topological polar surface area (TPSA) is 69.6 Å². The maximum Gasteiger partial charge on any atom is 0.220 e. The third-order valence-electron chi connectivity index (χ3n) is 16.2. The van der Waals surface area contributed by atoms with Gasteiger partial charge in [0.15, 0.2) is 0 Å². The molecule has 0 aromatic rings. The quantitative estimate of drug-likeness (QED) is 0.0420. The molecule has 0 aromatic carbocycles. The standard InChI is InChI=1S/C78H139NO3/c1-3-5-7-9-11-13-15-17-19-21-23-25-27-29-31-33-34-35-36-37-38-39-40-41-42-43-44-46-48-50-52-54-56-58-60-62-64-66-68-70-72-74-78(82)79-76(75-80)77(81)73-71-69-67-65-63-61-59-57-55-53-51-49-47-45-32-30-28-26-24-22-20-18-16-14-12-10-8-6-4-2/h5,7,11,13,17,19,23,25,29,31,34-35,37-38,63,65,71,73,76-77,80-81H,3-4,6,8-10,12,14-16,18,20-22,24,26-28,30,32-33,36,39-62,64,66-70,72,74-75H2,1-2H3,(H,79,82)/b7-5-,13-11-,19-17-,25-23-,31-29-,35-34-,38-37-,65-63+,73-71+. The molecule has 0 saturated carbocycles. The summed E-state index contributed by atoms with van der Waals surface area (Å²) >= 11 is 0. The largest absolute Gasteiger partial charge is 0.394 e. The lowest BCUT2D eigenvalue weighted by atomic mass is 10.0. The van der Waals surface area contributed by atoms with Crippen LogP contribution in [0.15, 0.2) is 109 Å². The third-order valence-corrected chi connectivity index (χ3v) is 16.2. The smallest absolute Gasteiger partial charge is 0.220 e. The third kappa shape index (κ3) is 67.8. The number of nitrogens with one attached hydrogen (secondary N) is 1. The van der Waals surface area contributed by atoms with Gasteiger partial charge in [0.05, 0.1) is 18.8 Å². The summed E-state index contributed by atoms with van der Waals surface area (Å²) < 4.78 is 0. The van der Waals surface area contributed by atoms with Gasteiger partial charge in [-0.3, -0.25) is 4.79 Å². The molecule has 0 aliphatic heterocycles. The Morgan fingerprint density at radius 2 is 0.549 bits per heavy atom. The highest BCUT2D eigenvalue weighted by atomic mass is 16.3. The van der Waals surface area contributed by atoms with Crippen LogP contribution in [0.4, 0.5) is 0 Å². The summed E-state index contributed by atoms with van der Waals surface area (Å²) in [5.74, 6) is -0.0706. The zero-order valence-corrected chi connectivity index (χ0v) is 54.7. The zero-order valence-electron chi connectivity index (χ0n) is 54.7. The minimum atomic E-state index is -0.868. The van der Waals surface area contributed by atoms with Crippen molar-refractivity contribution in [2.24, 2.45) is 0 Å². The number of carbonyl (C=O) groups is 1. The number of allylic oxidation sites excluding steroid dienone is 17. The fourth-order valence-electron chi connectivity index (χ4n) is 10.8. The van der Waals surface area contributed by atoms with Crippen LogP contribution in [0.1, 0.15) is 361 Å². The van der Waals surface area contributed by atoms with Gasteiger partial charge in [-0.25, -0.2) is 0 Å². The molecule has 0 aliphatic rings. The van der Waals surface area contributed by atoms with Crippen LogP contribution in [-0.2, 0) is 4.79 Å². The number of carbonyl (C=O) groups excluding carboxylic acids is 1. The van der Waals surface area contributed by atoms with Gasteiger partial charge in [0.1, 0.15) is 0 Å². The van der Waals surface area contributed by atoms with Crippen molar-refractivity contribution in [1.29, 1.82) is 0 Å². The first kappa shape index (κ1) is 79.0. The fraction of sp³-hybridized carbons (Fsp3) is 0.756. The number of hydrogen-bond donors (Lipinski definition) is 3. The van der Waals surface area contributed by atoms with Crippen LogP contribution in [0.25, 0.3) is 0 Å². The molecule has 474 valence electrons. The van der Waals surface area contributed by atoms with E-state index >= 15 is 0 Å². The number of unbranched alkanes of at least 4 members (excludes halogenated alkanes) is 43. The molecule has 1 amide bonds. The molecule has 0 rings (SSSR count). The molecule has 0 heterocycles. The second kappa shape index (κ2) is 72.3. The normalized spacial score (nSPS) is 13.4. The van der Waals surface area contributed by atoms with Gasteiger partial charge in [-0.2, -0.15) is 0 Å². The highest BCUT2D eigenvalue weighted by Crippen LogP contribution is 2.18. The Bertz CT molecular complexity index is 1530. The average molecular weight is 1140 g/mol. The summed E-state index contributed by atoms with van der Waals surface area (Å²) in [6, 6.07) is -0.645. The number of rotatable bonds is 66. The Morgan fingerprint density at radius 3 is 0.854 bits per heavy atom. The molecule has 2 atom stereocenters. The van der Waals surface area contributed by atoms with E-state index in [1.807, 2.05) is 6.08 Å². The molecule has 0 radical (unpaired) electrons. The highest BCUT2D eigenvalue weighted by Gasteiger charge is 2.18. The molecule has 3 N–H and O–H groups in total. The van der Waals surface area contributed by atoms with E-state index in [0.717, 1.165) is 77.0 Å². The van der Waals surface area contributed by atoms with Crippen molar-refractivity contribution < 1.29 is 15.0 Å². The Labute approximate surface area is 512 Å². The van der Waals surface area contributed by atoms with E-state index in [2.05, 4.69) is 116 Å². The first-order chi connectivity index (χ1) is 40.7. The lowest BCUT2D eigenvalue weighted by Crippen LogP contribution is -2.45. The van der Waals surface area contributed by atoms with Gasteiger partial charge in [0, 0.05) is 6.42 Å². The van der Waals surface area contributed by atoms with Gasteiger partial charge in [-0.15, -0.1) is 0 Å². The monoisotopic (exact) mass is 1140 g/mol. The average Bonchev–Trinajstić information content (AvgIpc) is 3.50. The van der Waals surface area contributed by atoms with E-state index in [4.69, 9.17) is 0 Å². The van der Waals surface area contributed by atoms with Crippen LogP contribution >= 0.6 is 0 Å². The van der Waals surface area contributed by atoms with Crippen molar-refractivity contribution in [3.63, 3.8) is 0 Å².